The number of nitrogens with zero attached hydrogens (tertiary/aromatic N) is 3. The molecule has 1 saturated heterocycles. The normalized spacial score (nSPS) is 23.0. The van der Waals surface area contributed by atoms with Gasteiger partial charge in [0.25, 0.3) is 5.91 Å². The Hall–Kier alpha value is -3.18. The van der Waals surface area contributed by atoms with Gasteiger partial charge in [0, 0.05) is 44.2 Å². The van der Waals surface area contributed by atoms with Gasteiger partial charge in [0.15, 0.2) is 0 Å². The van der Waals surface area contributed by atoms with Crippen molar-refractivity contribution in [3.05, 3.63) is 57.4 Å². The lowest BCUT2D eigenvalue weighted by Gasteiger charge is -2.30. The maximum Gasteiger partial charge on any atom is 0.398 e. The molecule has 1 aliphatic heterocycles. The van der Waals surface area contributed by atoms with E-state index in [1.807, 2.05) is 31.7 Å². The van der Waals surface area contributed by atoms with Crippen LogP contribution in [0.4, 0.5) is 13.2 Å². The molecule has 0 radical (unpaired) electrons. The van der Waals surface area contributed by atoms with Gasteiger partial charge in [-0.25, -0.2) is 0 Å². The summed E-state index contributed by atoms with van der Waals surface area (Å²) in [5.41, 5.74) is -0.237. The van der Waals surface area contributed by atoms with Crippen LogP contribution in [0.2, 0.25) is 5.02 Å². The minimum absolute atomic E-state index is 0.0128. The van der Waals surface area contributed by atoms with Gasteiger partial charge in [-0.2, -0.15) is 23.0 Å². The molecular weight excluding hydrogens is 659 g/mol. The maximum absolute atomic E-state index is 14.5. The fourth-order valence-corrected chi connectivity index (χ4v) is 7.79. The first-order valence-corrected chi connectivity index (χ1v) is 17.9. The summed E-state index contributed by atoms with van der Waals surface area (Å²) in [7, 11) is 0. The van der Waals surface area contributed by atoms with Crippen LogP contribution in [0.25, 0.3) is 5.57 Å². The molecule has 2 aromatic rings. The zero-order valence-corrected chi connectivity index (χ0v) is 29.2. The predicted molar refractivity (Wildman–Crippen MR) is 178 cm³/mol. The second-order valence-corrected chi connectivity index (χ2v) is 15.3. The number of carbonyl (C=O) groups excluding carboxylic acids is 3. The molecule has 3 aliphatic carbocycles. The molecule has 0 N–H and O–H groups in total. The Balaban J connectivity index is 1.37. The number of hydrogen-bond acceptors (Lipinski definition) is 6. The molecule has 2 atom stereocenters. The molecule has 266 valence electrons. The molecule has 0 bridgehead atoms. The third kappa shape index (κ3) is 7.34. The number of allylic oxidation sites excluding steroid dienone is 2. The van der Waals surface area contributed by atoms with Gasteiger partial charge in [-0.1, -0.05) is 29.8 Å². The second kappa shape index (κ2) is 13.9. The van der Waals surface area contributed by atoms with Crippen molar-refractivity contribution in [2.75, 3.05) is 26.3 Å². The van der Waals surface area contributed by atoms with Crippen LogP contribution in [-0.2, 0) is 37.3 Å². The number of aromatic nitrogens is 2. The van der Waals surface area contributed by atoms with E-state index in [1.54, 1.807) is 0 Å². The van der Waals surface area contributed by atoms with Gasteiger partial charge < -0.3 is 14.4 Å². The summed E-state index contributed by atoms with van der Waals surface area (Å²) >= 11 is 6.56. The van der Waals surface area contributed by atoms with E-state index in [2.05, 4.69) is 0 Å². The Morgan fingerprint density at radius 3 is 2.39 bits per heavy atom. The maximum atomic E-state index is 14.5. The molecular formula is C37H45ClF3N3O5. The smallest absolute Gasteiger partial charge is 0.398 e. The summed E-state index contributed by atoms with van der Waals surface area (Å²) in [5, 5.41) is 4.75. The second-order valence-electron chi connectivity index (χ2n) is 14.9. The number of ether oxygens (including phenoxy) is 2. The fourth-order valence-electron chi connectivity index (χ4n) is 7.53. The Kier molecular flexibility index (Phi) is 10.1. The summed E-state index contributed by atoms with van der Waals surface area (Å²) < 4.78 is 55.6. The van der Waals surface area contributed by atoms with Gasteiger partial charge in [0.2, 0.25) is 5.91 Å². The lowest BCUT2D eigenvalue weighted by atomic mass is 9.82. The van der Waals surface area contributed by atoms with Gasteiger partial charge in [0.1, 0.15) is 5.60 Å². The first-order chi connectivity index (χ1) is 23.2. The highest BCUT2D eigenvalue weighted by molar-refractivity contribution is 6.34. The Bertz CT molecular complexity index is 1630. The number of amides is 1. The average Bonchev–Trinajstić information content (AvgIpc) is 3.76. The first-order valence-electron chi connectivity index (χ1n) is 17.5. The van der Waals surface area contributed by atoms with E-state index in [-0.39, 0.29) is 53.2 Å². The number of carbonyl (C=O) groups is 3. The van der Waals surface area contributed by atoms with Crippen LogP contribution in [0.5, 0.6) is 0 Å². The first kappa shape index (κ1) is 35.6. The number of fused-ring (bicyclic) bond motifs is 1. The minimum atomic E-state index is -4.55. The van der Waals surface area contributed by atoms with Crippen molar-refractivity contribution < 1.29 is 37.0 Å². The van der Waals surface area contributed by atoms with Gasteiger partial charge in [0.05, 0.1) is 33.3 Å². The largest absolute Gasteiger partial charge is 0.460 e. The monoisotopic (exact) mass is 703 g/mol. The highest BCUT2D eigenvalue weighted by Gasteiger charge is 2.65. The van der Waals surface area contributed by atoms with Gasteiger partial charge in [-0.15, -0.1) is 0 Å². The number of hydrogen-bond donors (Lipinski definition) is 0. The van der Waals surface area contributed by atoms with E-state index < -0.39 is 29.0 Å². The number of alkyl halides is 3. The third-order valence-electron chi connectivity index (χ3n) is 10.3. The molecule has 1 amide bonds. The minimum Gasteiger partial charge on any atom is -0.460 e. The summed E-state index contributed by atoms with van der Waals surface area (Å²) in [6, 6.07) is 4.23. The standard InChI is InChI=1S/C37H45ClF3N3O5/c1-35(2,3)49-34(47)24-12-10-23(11-13-24)31-26-15-14-25(32(45)43-18-4-5-20-48-21-7-19-43)22-29(26)44(42-31)33(46)30-27(8-6-9-28(30)38)36(16-17-36)37(39,40)41/h6,8-10,24-25H,4-5,7,11-22H2,1-3H3/t24-,25-/m1/s1. The summed E-state index contributed by atoms with van der Waals surface area (Å²) in [6.07, 6.45) is 2.39. The third-order valence-corrected chi connectivity index (χ3v) is 10.6. The van der Waals surface area contributed by atoms with Crippen LogP contribution in [-0.4, -0.2) is 70.5 Å². The molecule has 6 rings (SSSR count). The van der Waals surface area contributed by atoms with Crippen LogP contribution in [0.15, 0.2) is 24.3 Å². The Morgan fingerprint density at radius 2 is 1.71 bits per heavy atom. The number of halogens is 4. The highest BCUT2D eigenvalue weighted by atomic mass is 35.5. The van der Waals surface area contributed by atoms with Gasteiger partial charge in [-0.05, 0) is 102 Å². The number of esters is 1. The van der Waals surface area contributed by atoms with Gasteiger partial charge in [-0.3, -0.25) is 14.4 Å². The zero-order chi connectivity index (χ0) is 35.1. The molecule has 12 heteroatoms. The van der Waals surface area contributed by atoms with Crippen molar-refractivity contribution in [2.24, 2.45) is 11.8 Å². The Morgan fingerprint density at radius 1 is 1.00 bits per heavy atom. The van der Waals surface area contributed by atoms with E-state index in [1.165, 1.54) is 22.9 Å². The van der Waals surface area contributed by atoms with E-state index in [4.69, 9.17) is 26.2 Å². The zero-order valence-electron chi connectivity index (χ0n) is 28.5. The SMILES string of the molecule is CC(C)(C)OC(=O)[C@@H]1CC=C(c2nn(C(=O)c3c(Cl)cccc3C3(C(F)(F)F)CC3)c3c2CC[C@@H](C(=O)N2CCCCOCCC2)C3)CC1. The lowest BCUT2D eigenvalue weighted by Crippen LogP contribution is -2.40. The molecule has 2 heterocycles. The topological polar surface area (TPSA) is 90.7 Å². The number of rotatable bonds is 5. The van der Waals surface area contributed by atoms with Crippen LogP contribution in [0.3, 0.4) is 0 Å². The van der Waals surface area contributed by atoms with Crippen LogP contribution >= 0.6 is 11.6 Å². The summed E-state index contributed by atoms with van der Waals surface area (Å²) in [6.45, 7) is 7.97. The molecule has 0 spiro atoms. The van der Waals surface area contributed by atoms with E-state index in [0.717, 1.165) is 30.4 Å². The van der Waals surface area contributed by atoms with Crippen LogP contribution in [0.1, 0.15) is 111 Å². The van der Waals surface area contributed by atoms with Crippen LogP contribution < -0.4 is 0 Å². The van der Waals surface area contributed by atoms with Gasteiger partial charge >= 0.3 is 12.1 Å². The molecule has 2 fully saturated rings. The predicted octanol–water partition coefficient (Wildman–Crippen LogP) is 7.48. The average molecular weight is 704 g/mol. The highest BCUT2D eigenvalue weighted by Crippen LogP contribution is 2.60. The van der Waals surface area contributed by atoms with Crippen molar-refractivity contribution in [3.8, 4) is 0 Å². The molecule has 1 aromatic heterocycles. The van der Waals surface area contributed by atoms with Crippen molar-refractivity contribution in [3.63, 3.8) is 0 Å². The summed E-state index contributed by atoms with van der Waals surface area (Å²) in [5.74, 6) is -1.69. The van der Waals surface area contributed by atoms with E-state index >= 15 is 0 Å². The number of benzene rings is 1. The van der Waals surface area contributed by atoms with Crippen LogP contribution in [0, 0.1) is 11.8 Å². The lowest BCUT2D eigenvalue weighted by molar-refractivity contribution is -0.161. The van der Waals surface area contributed by atoms with Crippen molar-refractivity contribution in [1.29, 1.82) is 0 Å². The quantitative estimate of drug-likeness (QED) is 0.300. The molecule has 0 unspecified atom stereocenters. The Labute approximate surface area is 290 Å². The molecule has 1 aromatic carbocycles. The van der Waals surface area contributed by atoms with Crippen molar-refractivity contribution in [1.82, 2.24) is 14.7 Å². The molecule has 4 aliphatic rings. The van der Waals surface area contributed by atoms with E-state index in [9.17, 15) is 27.6 Å². The van der Waals surface area contributed by atoms with Crippen molar-refractivity contribution >= 4 is 35.0 Å². The summed E-state index contributed by atoms with van der Waals surface area (Å²) in [4.78, 5) is 43.1. The molecule has 1 saturated carbocycles. The van der Waals surface area contributed by atoms with Crippen molar-refractivity contribution in [2.45, 2.75) is 109 Å². The molecule has 8 nitrogen and oxygen atoms in total. The molecule has 49 heavy (non-hydrogen) atoms. The van der Waals surface area contributed by atoms with E-state index in [0.29, 0.717) is 69.8 Å². The fraction of sp³-hybridized carbons (Fsp3) is 0.622.